The first-order chi connectivity index (χ1) is 5.91. The molecule has 0 spiro atoms. The lowest BCUT2D eigenvalue weighted by Gasteiger charge is -2.16. The molecule has 0 aromatic carbocycles. The number of rotatable bonds is 4. The van der Waals surface area contributed by atoms with E-state index < -0.39 is 12.1 Å². The van der Waals surface area contributed by atoms with Crippen molar-refractivity contribution in [3.05, 3.63) is 23.7 Å². The molecule has 84 valence electrons. The first kappa shape index (κ1) is 15.5. The first-order valence-electron chi connectivity index (χ1n) is 4.31. The van der Waals surface area contributed by atoms with Gasteiger partial charge in [0, 0.05) is 19.7 Å². The van der Waals surface area contributed by atoms with Crippen molar-refractivity contribution in [2.24, 2.45) is 0 Å². The van der Waals surface area contributed by atoms with E-state index in [2.05, 4.69) is 6.58 Å². The van der Waals surface area contributed by atoms with Crippen molar-refractivity contribution in [3.63, 3.8) is 0 Å². The van der Waals surface area contributed by atoms with Gasteiger partial charge in [0.05, 0.1) is 0 Å². The van der Waals surface area contributed by atoms with E-state index in [0.29, 0.717) is 12.0 Å². The molecule has 0 saturated carbocycles. The Morgan fingerprint density at radius 1 is 1.43 bits per heavy atom. The average Bonchev–Trinajstić information content (AvgIpc) is 2.04. The van der Waals surface area contributed by atoms with Crippen molar-refractivity contribution in [3.8, 4) is 0 Å². The second kappa shape index (κ2) is 6.51. The standard InChI is InChI=1S/C10H17F2N.FH/c1-6-9(7(2)8(3)11)10(12)13(4)5;/h8H,2,6H2,1,3-5H3;1H/b10-9-;. The van der Waals surface area contributed by atoms with E-state index in [0.717, 1.165) is 0 Å². The van der Waals surface area contributed by atoms with Crippen LogP contribution in [0.1, 0.15) is 20.3 Å². The molecule has 1 nitrogen and oxygen atoms in total. The maximum Gasteiger partial charge on any atom is 0.192 e. The van der Waals surface area contributed by atoms with Crippen LogP contribution in [0.25, 0.3) is 0 Å². The Bertz CT molecular complexity index is 219. The molecule has 0 aromatic rings. The molecular formula is C10H18F3N. The van der Waals surface area contributed by atoms with Crippen molar-refractivity contribution in [1.82, 2.24) is 4.90 Å². The number of hydrogen-bond donors (Lipinski definition) is 0. The smallest absolute Gasteiger partial charge is 0.192 e. The van der Waals surface area contributed by atoms with Gasteiger partial charge in [-0.05, 0) is 18.9 Å². The summed E-state index contributed by atoms with van der Waals surface area (Å²) in [7, 11) is 3.17. The zero-order valence-electron chi connectivity index (χ0n) is 9.10. The molecule has 0 radical (unpaired) electrons. The van der Waals surface area contributed by atoms with Crippen molar-refractivity contribution >= 4 is 0 Å². The van der Waals surface area contributed by atoms with E-state index in [4.69, 9.17) is 0 Å². The maximum atomic E-state index is 13.4. The molecule has 0 aromatic heterocycles. The highest BCUT2D eigenvalue weighted by molar-refractivity contribution is 5.32. The highest BCUT2D eigenvalue weighted by Gasteiger charge is 2.14. The minimum absolute atomic E-state index is 0. The third-order valence-corrected chi connectivity index (χ3v) is 1.86. The summed E-state index contributed by atoms with van der Waals surface area (Å²) >= 11 is 0. The molecule has 0 N–H and O–H groups in total. The van der Waals surface area contributed by atoms with Crippen LogP contribution in [0.5, 0.6) is 0 Å². The van der Waals surface area contributed by atoms with Gasteiger partial charge >= 0.3 is 0 Å². The Kier molecular flexibility index (Phi) is 7.23. The predicted molar refractivity (Wildman–Crippen MR) is 54.3 cm³/mol. The van der Waals surface area contributed by atoms with Crippen molar-refractivity contribution < 1.29 is 13.5 Å². The van der Waals surface area contributed by atoms with Gasteiger partial charge in [-0.25, -0.2) is 4.39 Å². The Balaban J connectivity index is 0. The van der Waals surface area contributed by atoms with Gasteiger partial charge in [-0.1, -0.05) is 13.5 Å². The van der Waals surface area contributed by atoms with Crippen LogP contribution < -0.4 is 0 Å². The number of hydrogen-bond acceptors (Lipinski definition) is 1. The zero-order valence-corrected chi connectivity index (χ0v) is 9.10. The van der Waals surface area contributed by atoms with Crippen LogP contribution in [0, 0.1) is 0 Å². The highest BCUT2D eigenvalue weighted by atomic mass is 19.1. The fourth-order valence-electron chi connectivity index (χ4n) is 1.02. The van der Waals surface area contributed by atoms with Gasteiger partial charge < -0.3 is 4.90 Å². The topological polar surface area (TPSA) is 3.24 Å². The van der Waals surface area contributed by atoms with Crippen molar-refractivity contribution in [2.75, 3.05) is 14.1 Å². The lowest BCUT2D eigenvalue weighted by atomic mass is 10.0. The Hall–Kier alpha value is -0.930. The van der Waals surface area contributed by atoms with Gasteiger partial charge in [-0.15, -0.1) is 0 Å². The molecule has 14 heavy (non-hydrogen) atoms. The van der Waals surface area contributed by atoms with E-state index in [1.54, 1.807) is 21.0 Å². The summed E-state index contributed by atoms with van der Waals surface area (Å²) in [6.45, 7) is 6.68. The van der Waals surface area contributed by atoms with Gasteiger partial charge in [0.2, 0.25) is 0 Å². The third-order valence-electron chi connectivity index (χ3n) is 1.86. The summed E-state index contributed by atoms with van der Waals surface area (Å²) in [4.78, 5) is 1.33. The summed E-state index contributed by atoms with van der Waals surface area (Å²) in [5.41, 5.74) is 0.591. The Morgan fingerprint density at radius 3 is 2.07 bits per heavy atom. The van der Waals surface area contributed by atoms with Crippen LogP contribution >= 0.6 is 0 Å². The monoisotopic (exact) mass is 209 g/mol. The summed E-state index contributed by atoms with van der Waals surface area (Å²) in [6, 6.07) is 0. The molecule has 4 heteroatoms. The number of nitrogens with zero attached hydrogens (tertiary/aromatic N) is 1. The van der Waals surface area contributed by atoms with Crippen LogP contribution in [0.15, 0.2) is 23.7 Å². The normalized spacial score (nSPS) is 13.9. The molecule has 0 heterocycles. The molecule has 1 unspecified atom stereocenters. The van der Waals surface area contributed by atoms with Gasteiger partial charge in [0.1, 0.15) is 6.17 Å². The fraction of sp³-hybridized carbons (Fsp3) is 0.600. The fourth-order valence-corrected chi connectivity index (χ4v) is 1.02. The second-order valence-corrected chi connectivity index (χ2v) is 3.16. The quantitative estimate of drug-likeness (QED) is 0.507. The van der Waals surface area contributed by atoms with Crippen LogP contribution in [-0.2, 0) is 0 Å². The molecule has 1 atom stereocenters. The Labute approximate surface area is 83.5 Å². The zero-order chi connectivity index (χ0) is 10.6. The maximum absolute atomic E-state index is 13.4. The lowest BCUT2D eigenvalue weighted by molar-refractivity contribution is 0.357. The molecule has 0 fully saturated rings. The van der Waals surface area contributed by atoms with Crippen molar-refractivity contribution in [2.45, 2.75) is 26.4 Å². The summed E-state index contributed by atoms with van der Waals surface area (Å²) < 4.78 is 26.2. The minimum atomic E-state index is -1.19. The van der Waals surface area contributed by atoms with E-state index in [1.165, 1.54) is 11.8 Å². The molecule has 0 saturated heterocycles. The molecule has 0 rings (SSSR count). The second-order valence-electron chi connectivity index (χ2n) is 3.16. The summed E-state index contributed by atoms with van der Waals surface area (Å²) in [5, 5.41) is 0. The van der Waals surface area contributed by atoms with E-state index in [9.17, 15) is 8.78 Å². The Morgan fingerprint density at radius 2 is 1.86 bits per heavy atom. The SMILES string of the molecule is C=C(/C(CC)=C(/F)N(C)C)C(C)F.F. The van der Waals surface area contributed by atoms with Gasteiger partial charge in [0.15, 0.2) is 5.95 Å². The van der Waals surface area contributed by atoms with E-state index in [-0.39, 0.29) is 10.3 Å². The largest absolute Gasteiger partial charge is 0.354 e. The molecular weight excluding hydrogens is 191 g/mol. The van der Waals surface area contributed by atoms with Crippen LogP contribution in [-0.4, -0.2) is 25.2 Å². The summed E-state index contributed by atoms with van der Waals surface area (Å²) in [6.07, 6.45) is -0.738. The first-order valence-corrected chi connectivity index (χ1v) is 4.31. The highest BCUT2D eigenvalue weighted by Crippen LogP contribution is 2.23. The third kappa shape index (κ3) is 3.85. The van der Waals surface area contributed by atoms with Crippen molar-refractivity contribution in [1.29, 1.82) is 0 Å². The number of halogens is 3. The molecule has 0 aliphatic heterocycles. The molecule has 0 amide bonds. The number of allylic oxidation sites excluding steroid dienone is 2. The molecule has 0 aliphatic rings. The number of alkyl halides is 1. The van der Waals surface area contributed by atoms with Gasteiger partial charge in [-0.3, -0.25) is 4.70 Å². The minimum Gasteiger partial charge on any atom is -0.354 e. The van der Waals surface area contributed by atoms with Crippen LogP contribution in [0.4, 0.5) is 13.5 Å². The average molecular weight is 209 g/mol. The van der Waals surface area contributed by atoms with Crippen LogP contribution in [0.2, 0.25) is 0 Å². The predicted octanol–water partition coefficient (Wildman–Crippen LogP) is 3.21. The van der Waals surface area contributed by atoms with E-state index in [1.807, 2.05) is 0 Å². The summed E-state index contributed by atoms with van der Waals surface area (Å²) in [5.74, 6) is -0.406. The van der Waals surface area contributed by atoms with Gasteiger partial charge in [0.25, 0.3) is 0 Å². The molecule has 0 aliphatic carbocycles. The molecule has 0 bridgehead atoms. The van der Waals surface area contributed by atoms with E-state index >= 15 is 0 Å². The van der Waals surface area contributed by atoms with Crippen LogP contribution in [0.3, 0.4) is 0 Å². The van der Waals surface area contributed by atoms with Gasteiger partial charge in [-0.2, -0.15) is 4.39 Å². The lowest BCUT2D eigenvalue weighted by Crippen LogP contribution is -2.12.